The zero-order chi connectivity index (χ0) is 18.5. The highest BCUT2D eigenvalue weighted by atomic mass is 79.9. The van der Waals surface area contributed by atoms with Crippen LogP contribution in [0.25, 0.3) is 11.8 Å². The molecule has 26 heavy (non-hydrogen) atoms. The van der Waals surface area contributed by atoms with Crippen LogP contribution in [0, 0.1) is 0 Å². The fourth-order valence-corrected chi connectivity index (χ4v) is 2.97. The Morgan fingerprint density at radius 1 is 1.23 bits per heavy atom. The van der Waals surface area contributed by atoms with E-state index in [0.717, 1.165) is 21.3 Å². The molecule has 3 aromatic rings. The quantitative estimate of drug-likeness (QED) is 0.590. The molecule has 1 heterocycles. The van der Waals surface area contributed by atoms with E-state index in [-0.39, 0.29) is 11.9 Å². The van der Waals surface area contributed by atoms with Gasteiger partial charge in [0.2, 0.25) is 5.91 Å². The predicted molar refractivity (Wildman–Crippen MR) is 106 cm³/mol. The lowest BCUT2D eigenvalue weighted by Crippen LogP contribution is -2.27. The van der Waals surface area contributed by atoms with E-state index in [1.54, 1.807) is 22.0 Å². The van der Waals surface area contributed by atoms with Crippen molar-refractivity contribution in [1.29, 1.82) is 0 Å². The summed E-state index contributed by atoms with van der Waals surface area (Å²) in [4.78, 5) is 18.1. The minimum Gasteiger partial charge on any atom is -0.335 e. The molecular formula is C20H19BrN4O. The van der Waals surface area contributed by atoms with Gasteiger partial charge in [-0.15, -0.1) is 0 Å². The fourth-order valence-electron chi connectivity index (χ4n) is 2.56. The molecule has 0 unspecified atom stereocenters. The van der Waals surface area contributed by atoms with Crippen LogP contribution in [0.5, 0.6) is 0 Å². The van der Waals surface area contributed by atoms with Gasteiger partial charge in [0.15, 0.2) is 0 Å². The number of likely N-dealkylation sites (N-methyl/N-ethyl adjacent to an activating group) is 1. The molecule has 1 amide bonds. The van der Waals surface area contributed by atoms with Gasteiger partial charge in [-0.05, 0) is 48.4 Å². The number of nitrogens with zero attached hydrogens (tertiary/aromatic N) is 4. The second-order valence-corrected chi connectivity index (χ2v) is 6.86. The van der Waals surface area contributed by atoms with Crippen LogP contribution >= 0.6 is 15.9 Å². The molecule has 0 radical (unpaired) electrons. The number of halogens is 1. The first-order valence-corrected chi connectivity index (χ1v) is 8.99. The van der Waals surface area contributed by atoms with E-state index in [4.69, 9.17) is 0 Å². The Labute approximate surface area is 161 Å². The van der Waals surface area contributed by atoms with Crippen LogP contribution in [0.4, 0.5) is 0 Å². The highest BCUT2D eigenvalue weighted by Crippen LogP contribution is 2.21. The van der Waals surface area contributed by atoms with Gasteiger partial charge >= 0.3 is 0 Å². The molecule has 5 nitrogen and oxygen atoms in total. The van der Waals surface area contributed by atoms with Crippen molar-refractivity contribution < 1.29 is 4.79 Å². The SMILES string of the molecule is C[C@H](c1ccc(-n2cncn2)cc1)N(C)C(=O)/C=C/c1cccc(Br)c1. The largest absolute Gasteiger partial charge is 0.335 e. The monoisotopic (exact) mass is 410 g/mol. The predicted octanol–water partition coefficient (Wildman–Crippen LogP) is 4.26. The van der Waals surface area contributed by atoms with E-state index >= 15 is 0 Å². The van der Waals surface area contributed by atoms with Gasteiger partial charge in [0, 0.05) is 17.6 Å². The molecule has 0 aliphatic rings. The normalized spacial score (nSPS) is 12.3. The highest BCUT2D eigenvalue weighted by Gasteiger charge is 2.15. The van der Waals surface area contributed by atoms with Gasteiger partial charge in [-0.25, -0.2) is 9.67 Å². The molecule has 1 atom stereocenters. The summed E-state index contributed by atoms with van der Waals surface area (Å²) in [6, 6.07) is 15.7. The Morgan fingerprint density at radius 3 is 2.65 bits per heavy atom. The van der Waals surface area contributed by atoms with E-state index in [9.17, 15) is 4.79 Å². The van der Waals surface area contributed by atoms with Gasteiger partial charge in [0.1, 0.15) is 12.7 Å². The van der Waals surface area contributed by atoms with Crippen LogP contribution < -0.4 is 0 Å². The van der Waals surface area contributed by atoms with Gasteiger partial charge in [0.05, 0.1) is 11.7 Å². The molecule has 6 heteroatoms. The minimum atomic E-state index is -0.0437. The molecule has 0 spiro atoms. The molecule has 132 valence electrons. The summed E-state index contributed by atoms with van der Waals surface area (Å²) in [5, 5.41) is 4.11. The number of carbonyl (C=O) groups excluding carboxylic acids is 1. The molecule has 1 aromatic heterocycles. The van der Waals surface area contributed by atoms with Crippen molar-refractivity contribution in [2.24, 2.45) is 0 Å². The van der Waals surface area contributed by atoms with Crippen molar-refractivity contribution in [3.63, 3.8) is 0 Å². The molecular weight excluding hydrogens is 392 g/mol. The summed E-state index contributed by atoms with van der Waals surface area (Å²) >= 11 is 3.43. The average molecular weight is 411 g/mol. The van der Waals surface area contributed by atoms with E-state index in [2.05, 4.69) is 26.0 Å². The van der Waals surface area contributed by atoms with Crippen molar-refractivity contribution in [3.8, 4) is 5.69 Å². The smallest absolute Gasteiger partial charge is 0.246 e. The summed E-state index contributed by atoms with van der Waals surface area (Å²) in [6.07, 6.45) is 6.58. The Bertz CT molecular complexity index is 904. The maximum atomic E-state index is 12.5. The lowest BCUT2D eigenvalue weighted by atomic mass is 10.1. The number of rotatable bonds is 5. The first-order chi connectivity index (χ1) is 12.5. The maximum absolute atomic E-state index is 12.5. The molecule has 0 saturated heterocycles. The number of hydrogen-bond acceptors (Lipinski definition) is 3. The van der Waals surface area contributed by atoms with Crippen LogP contribution in [0.1, 0.15) is 24.1 Å². The third kappa shape index (κ3) is 4.26. The van der Waals surface area contributed by atoms with Gasteiger partial charge in [-0.1, -0.05) is 40.2 Å². The summed E-state index contributed by atoms with van der Waals surface area (Å²) in [6.45, 7) is 2.01. The molecule has 3 rings (SSSR count). The number of benzene rings is 2. The zero-order valence-electron chi connectivity index (χ0n) is 14.6. The van der Waals surface area contributed by atoms with Crippen molar-refractivity contribution >= 4 is 27.9 Å². The van der Waals surface area contributed by atoms with Gasteiger partial charge < -0.3 is 4.90 Å². The first-order valence-electron chi connectivity index (χ1n) is 8.20. The van der Waals surface area contributed by atoms with E-state index in [1.165, 1.54) is 6.33 Å². The lowest BCUT2D eigenvalue weighted by molar-refractivity contribution is -0.126. The second-order valence-electron chi connectivity index (χ2n) is 5.95. The van der Waals surface area contributed by atoms with Crippen LogP contribution in [0.15, 0.2) is 71.7 Å². The van der Waals surface area contributed by atoms with Crippen molar-refractivity contribution in [3.05, 3.63) is 82.9 Å². The van der Waals surface area contributed by atoms with E-state index in [0.29, 0.717) is 0 Å². The third-order valence-corrected chi connectivity index (χ3v) is 4.75. The molecule has 0 fully saturated rings. The second kappa shape index (κ2) is 8.10. The van der Waals surface area contributed by atoms with E-state index in [1.807, 2.05) is 68.6 Å². The number of carbonyl (C=O) groups is 1. The average Bonchev–Trinajstić information content (AvgIpc) is 3.20. The van der Waals surface area contributed by atoms with Crippen LogP contribution in [0.3, 0.4) is 0 Å². The number of aromatic nitrogens is 3. The highest BCUT2D eigenvalue weighted by molar-refractivity contribution is 9.10. The Kier molecular flexibility index (Phi) is 5.63. The minimum absolute atomic E-state index is 0.0422. The van der Waals surface area contributed by atoms with Crippen LogP contribution in [-0.4, -0.2) is 32.6 Å². The molecule has 2 aromatic carbocycles. The topological polar surface area (TPSA) is 51.0 Å². The zero-order valence-corrected chi connectivity index (χ0v) is 16.2. The Hall–Kier alpha value is -2.73. The summed E-state index contributed by atoms with van der Waals surface area (Å²) < 4.78 is 2.69. The third-order valence-electron chi connectivity index (χ3n) is 4.25. The van der Waals surface area contributed by atoms with Gasteiger partial charge in [0.25, 0.3) is 0 Å². The van der Waals surface area contributed by atoms with Gasteiger partial charge in [-0.3, -0.25) is 4.79 Å². The molecule has 0 saturated carbocycles. The van der Waals surface area contributed by atoms with Crippen molar-refractivity contribution in [1.82, 2.24) is 19.7 Å². The summed E-state index contributed by atoms with van der Waals surface area (Å²) in [5.41, 5.74) is 2.97. The fraction of sp³-hybridized carbons (Fsp3) is 0.150. The van der Waals surface area contributed by atoms with E-state index < -0.39 is 0 Å². The van der Waals surface area contributed by atoms with Gasteiger partial charge in [-0.2, -0.15) is 5.10 Å². The molecule has 0 bridgehead atoms. The van der Waals surface area contributed by atoms with Crippen molar-refractivity contribution in [2.75, 3.05) is 7.05 Å². The van der Waals surface area contributed by atoms with Crippen molar-refractivity contribution in [2.45, 2.75) is 13.0 Å². The molecule has 0 aliphatic carbocycles. The first kappa shape index (κ1) is 18.1. The van der Waals surface area contributed by atoms with Crippen LogP contribution in [-0.2, 0) is 4.79 Å². The lowest BCUT2D eigenvalue weighted by Gasteiger charge is -2.24. The summed E-state index contributed by atoms with van der Waals surface area (Å²) in [7, 11) is 1.81. The summed E-state index contributed by atoms with van der Waals surface area (Å²) in [5.74, 6) is -0.0437. The molecule has 0 N–H and O–H groups in total. The number of amides is 1. The van der Waals surface area contributed by atoms with Crippen LogP contribution in [0.2, 0.25) is 0 Å². The standard InChI is InChI=1S/C20H19BrN4O/c1-15(17-7-9-19(10-8-17)25-14-22-13-23-25)24(2)20(26)11-6-16-4-3-5-18(21)12-16/h3-15H,1-2H3/b11-6+/t15-/m1/s1. The maximum Gasteiger partial charge on any atom is 0.246 e. The Morgan fingerprint density at radius 2 is 2.00 bits per heavy atom. The Balaban J connectivity index is 1.68. The molecule has 0 aliphatic heterocycles. The number of hydrogen-bond donors (Lipinski definition) is 0.